The monoisotopic (exact) mass is 271 g/mol. The predicted octanol–water partition coefficient (Wildman–Crippen LogP) is 3.87. The minimum Gasteiger partial charge on any atom is -0.508 e. The fourth-order valence-electron chi connectivity index (χ4n) is 5.47. The molecule has 0 spiro atoms. The van der Waals surface area contributed by atoms with Gasteiger partial charge in [0.15, 0.2) is 0 Å². The molecule has 2 bridgehead atoms. The van der Waals surface area contributed by atoms with Crippen molar-refractivity contribution in [2.24, 2.45) is 23.7 Å². The van der Waals surface area contributed by atoms with Crippen LogP contribution in [0.5, 0.6) is 5.75 Å². The molecule has 1 aromatic carbocycles. The van der Waals surface area contributed by atoms with Gasteiger partial charge in [-0.15, -0.1) is 0 Å². The molecule has 0 amide bonds. The Morgan fingerprint density at radius 3 is 2.85 bits per heavy atom. The molecular weight excluding hydrogens is 246 g/mol. The predicted molar refractivity (Wildman–Crippen MR) is 80.5 cm³/mol. The van der Waals surface area contributed by atoms with Crippen LogP contribution in [0.3, 0.4) is 0 Å². The van der Waals surface area contributed by atoms with Crippen molar-refractivity contribution in [2.45, 2.75) is 51.1 Å². The van der Waals surface area contributed by atoms with Gasteiger partial charge in [-0.3, -0.25) is 0 Å². The zero-order valence-corrected chi connectivity index (χ0v) is 12.3. The standard InChI is InChI=1S/C18H25NO/c1-11(12-4-2-5-14(20)8-12)19-18-10-13-9-17(18)16-7-3-6-15(13)16/h2,4-5,8,11,13,15-20H,3,6-7,9-10H2,1H3. The molecule has 20 heavy (non-hydrogen) atoms. The summed E-state index contributed by atoms with van der Waals surface area (Å²) in [5.74, 6) is 4.38. The molecule has 1 aromatic rings. The molecule has 108 valence electrons. The first-order valence-electron chi connectivity index (χ1n) is 8.27. The summed E-state index contributed by atoms with van der Waals surface area (Å²) in [6.07, 6.45) is 7.30. The number of aromatic hydroxyl groups is 1. The van der Waals surface area contributed by atoms with Crippen LogP contribution >= 0.6 is 0 Å². The van der Waals surface area contributed by atoms with Crippen molar-refractivity contribution in [3.05, 3.63) is 29.8 Å². The average Bonchev–Trinajstić information content (AvgIpc) is 3.10. The fraction of sp³-hybridized carbons (Fsp3) is 0.667. The molecule has 2 N–H and O–H groups in total. The number of phenolic OH excluding ortho intramolecular Hbond substituents is 1. The first kappa shape index (κ1) is 12.7. The molecule has 6 unspecified atom stereocenters. The van der Waals surface area contributed by atoms with Gasteiger partial charge in [-0.05, 0) is 74.0 Å². The third-order valence-electron chi connectivity index (χ3n) is 6.26. The van der Waals surface area contributed by atoms with Crippen molar-refractivity contribution < 1.29 is 5.11 Å². The minimum atomic E-state index is 0.339. The van der Waals surface area contributed by atoms with E-state index >= 15 is 0 Å². The zero-order chi connectivity index (χ0) is 13.7. The van der Waals surface area contributed by atoms with E-state index in [9.17, 15) is 5.11 Å². The van der Waals surface area contributed by atoms with E-state index in [0.717, 1.165) is 23.7 Å². The van der Waals surface area contributed by atoms with E-state index in [1.165, 1.54) is 37.7 Å². The smallest absolute Gasteiger partial charge is 0.115 e. The molecule has 0 heterocycles. The van der Waals surface area contributed by atoms with Gasteiger partial charge in [-0.25, -0.2) is 0 Å². The lowest BCUT2D eigenvalue weighted by Gasteiger charge is -2.34. The summed E-state index contributed by atoms with van der Waals surface area (Å²) in [5, 5.41) is 13.5. The molecule has 6 atom stereocenters. The van der Waals surface area contributed by atoms with Gasteiger partial charge in [0.2, 0.25) is 0 Å². The minimum absolute atomic E-state index is 0.339. The van der Waals surface area contributed by atoms with Gasteiger partial charge in [-0.2, -0.15) is 0 Å². The van der Waals surface area contributed by atoms with Crippen molar-refractivity contribution in [3.63, 3.8) is 0 Å². The summed E-state index contributed by atoms with van der Waals surface area (Å²) in [6.45, 7) is 2.23. The average molecular weight is 271 g/mol. The molecule has 2 nitrogen and oxygen atoms in total. The second-order valence-electron chi connectivity index (χ2n) is 7.24. The van der Waals surface area contributed by atoms with Crippen LogP contribution < -0.4 is 5.32 Å². The molecule has 2 heteroatoms. The summed E-state index contributed by atoms with van der Waals surface area (Å²) in [6, 6.07) is 8.74. The third kappa shape index (κ3) is 1.96. The molecule has 0 radical (unpaired) electrons. The Morgan fingerprint density at radius 1 is 1.15 bits per heavy atom. The van der Waals surface area contributed by atoms with Crippen LogP contribution in [0.15, 0.2) is 24.3 Å². The molecule has 0 aromatic heterocycles. The number of hydrogen-bond acceptors (Lipinski definition) is 2. The summed E-state index contributed by atoms with van der Waals surface area (Å²) < 4.78 is 0. The molecular formula is C18H25NO. The quantitative estimate of drug-likeness (QED) is 0.874. The maximum atomic E-state index is 9.62. The van der Waals surface area contributed by atoms with E-state index < -0.39 is 0 Å². The van der Waals surface area contributed by atoms with Crippen molar-refractivity contribution in [1.82, 2.24) is 5.32 Å². The zero-order valence-electron chi connectivity index (χ0n) is 12.3. The molecule has 3 fully saturated rings. The van der Waals surface area contributed by atoms with Gasteiger partial charge in [-0.1, -0.05) is 18.6 Å². The Balaban J connectivity index is 1.45. The topological polar surface area (TPSA) is 32.3 Å². The van der Waals surface area contributed by atoms with Crippen molar-refractivity contribution in [2.75, 3.05) is 0 Å². The van der Waals surface area contributed by atoms with Crippen LogP contribution in [-0.2, 0) is 0 Å². The normalized spacial score (nSPS) is 40.0. The lowest BCUT2D eigenvalue weighted by molar-refractivity contribution is 0.200. The number of phenols is 1. The number of benzene rings is 1. The van der Waals surface area contributed by atoms with Crippen LogP contribution in [0.4, 0.5) is 0 Å². The molecule has 3 saturated carbocycles. The Kier molecular flexibility index (Phi) is 3.03. The Hall–Kier alpha value is -1.02. The molecule has 4 rings (SSSR count). The van der Waals surface area contributed by atoms with E-state index in [0.29, 0.717) is 17.8 Å². The van der Waals surface area contributed by atoms with Crippen LogP contribution in [0.1, 0.15) is 50.6 Å². The third-order valence-corrected chi connectivity index (χ3v) is 6.26. The lowest BCUT2D eigenvalue weighted by Crippen LogP contribution is -2.40. The van der Waals surface area contributed by atoms with Gasteiger partial charge in [0.05, 0.1) is 0 Å². The number of fused-ring (bicyclic) bond motifs is 5. The number of nitrogens with one attached hydrogen (secondary N) is 1. The fourth-order valence-corrected chi connectivity index (χ4v) is 5.47. The highest BCUT2D eigenvalue weighted by Crippen LogP contribution is 2.58. The van der Waals surface area contributed by atoms with E-state index in [-0.39, 0.29) is 0 Å². The van der Waals surface area contributed by atoms with Crippen LogP contribution in [0.25, 0.3) is 0 Å². The molecule has 3 aliphatic carbocycles. The van der Waals surface area contributed by atoms with Crippen LogP contribution in [0.2, 0.25) is 0 Å². The highest BCUT2D eigenvalue weighted by Gasteiger charge is 2.53. The van der Waals surface area contributed by atoms with Crippen molar-refractivity contribution in [3.8, 4) is 5.75 Å². The molecule has 0 aliphatic heterocycles. The van der Waals surface area contributed by atoms with Gasteiger partial charge in [0.25, 0.3) is 0 Å². The summed E-state index contributed by atoms with van der Waals surface area (Å²) >= 11 is 0. The van der Waals surface area contributed by atoms with Crippen LogP contribution in [0, 0.1) is 23.7 Å². The van der Waals surface area contributed by atoms with E-state index in [4.69, 9.17) is 0 Å². The van der Waals surface area contributed by atoms with Crippen LogP contribution in [-0.4, -0.2) is 11.1 Å². The molecule has 3 aliphatic rings. The van der Waals surface area contributed by atoms with E-state index in [1.54, 1.807) is 6.07 Å². The van der Waals surface area contributed by atoms with Gasteiger partial charge in [0.1, 0.15) is 5.75 Å². The van der Waals surface area contributed by atoms with Gasteiger partial charge >= 0.3 is 0 Å². The van der Waals surface area contributed by atoms with E-state index in [2.05, 4.69) is 18.3 Å². The SMILES string of the molecule is CC(NC1CC2CC1C1CCCC21)c1cccc(O)c1. The Morgan fingerprint density at radius 2 is 2.00 bits per heavy atom. The van der Waals surface area contributed by atoms with Gasteiger partial charge in [0, 0.05) is 12.1 Å². The summed E-state index contributed by atoms with van der Waals surface area (Å²) in [4.78, 5) is 0. The van der Waals surface area contributed by atoms with Crippen molar-refractivity contribution >= 4 is 0 Å². The second-order valence-corrected chi connectivity index (χ2v) is 7.24. The largest absolute Gasteiger partial charge is 0.508 e. The maximum Gasteiger partial charge on any atom is 0.115 e. The number of hydrogen-bond donors (Lipinski definition) is 2. The van der Waals surface area contributed by atoms with Gasteiger partial charge < -0.3 is 10.4 Å². The number of rotatable bonds is 3. The van der Waals surface area contributed by atoms with Crippen molar-refractivity contribution in [1.29, 1.82) is 0 Å². The Labute approximate surface area is 121 Å². The summed E-state index contributed by atoms with van der Waals surface area (Å²) in [5.41, 5.74) is 1.20. The first-order chi connectivity index (χ1) is 9.72. The Bertz CT molecular complexity index is 500. The van der Waals surface area contributed by atoms with E-state index in [1.807, 2.05) is 12.1 Å². The lowest BCUT2D eigenvalue weighted by atomic mass is 9.79. The first-order valence-corrected chi connectivity index (χ1v) is 8.27. The highest BCUT2D eigenvalue weighted by molar-refractivity contribution is 5.29. The highest BCUT2D eigenvalue weighted by atomic mass is 16.3. The molecule has 0 saturated heterocycles. The summed E-state index contributed by atoms with van der Waals surface area (Å²) in [7, 11) is 0. The maximum absolute atomic E-state index is 9.62. The second kappa shape index (κ2) is 4.77.